The predicted molar refractivity (Wildman–Crippen MR) is 81.3 cm³/mol. The molecule has 0 aliphatic heterocycles. The third-order valence-electron chi connectivity index (χ3n) is 3.83. The Kier molecular flexibility index (Phi) is 4.68. The molecule has 2 heterocycles. The van der Waals surface area contributed by atoms with E-state index in [1.165, 1.54) is 0 Å². The van der Waals surface area contributed by atoms with Crippen molar-refractivity contribution >= 4 is 5.91 Å². The van der Waals surface area contributed by atoms with Gasteiger partial charge in [0.1, 0.15) is 12.6 Å². The van der Waals surface area contributed by atoms with Crippen LogP contribution in [0.25, 0.3) is 0 Å². The van der Waals surface area contributed by atoms with Gasteiger partial charge in [-0.2, -0.15) is 5.10 Å². The van der Waals surface area contributed by atoms with Crippen molar-refractivity contribution in [3.05, 3.63) is 42.9 Å². The molecule has 0 aromatic carbocycles. The first-order valence-electron chi connectivity index (χ1n) is 7.64. The summed E-state index contributed by atoms with van der Waals surface area (Å²) in [6, 6.07) is 7.71. The number of carbonyl (C=O) groups is 1. The van der Waals surface area contributed by atoms with Crippen LogP contribution in [0.1, 0.15) is 25.7 Å². The third kappa shape index (κ3) is 4.07. The minimum atomic E-state index is 0.0118. The molecule has 1 saturated carbocycles. The minimum Gasteiger partial charge on any atom is -0.474 e. The second-order valence-corrected chi connectivity index (χ2v) is 5.53. The van der Waals surface area contributed by atoms with E-state index < -0.39 is 0 Å². The van der Waals surface area contributed by atoms with Gasteiger partial charge in [0.25, 0.3) is 0 Å². The molecular weight excluding hydrogens is 280 g/mol. The highest BCUT2D eigenvalue weighted by Gasteiger charge is 2.23. The van der Waals surface area contributed by atoms with Gasteiger partial charge in [-0.1, -0.05) is 6.07 Å². The number of ether oxygens (including phenoxy) is 1. The molecule has 1 aliphatic rings. The molecular formula is C16H20N4O2. The summed E-state index contributed by atoms with van der Waals surface area (Å²) < 4.78 is 7.49. The second-order valence-electron chi connectivity index (χ2n) is 5.53. The Hall–Kier alpha value is -2.37. The van der Waals surface area contributed by atoms with Crippen molar-refractivity contribution in [2.24, 2.45) is 0 Å². The lowest BCUT2D eigenvalue weighted by Crippen LogP contribution is -2.41. The topological polar surface area (TPSA) is 69.0 Å². The fourth-order valence-corrected chi connectivity index (χ4v) is 2.73. The van der Waals surface area contributed by atoms with E-state index in [1.807, 2.05) is 24.3 Å². The highest BCUT2D eigenvalue weighted by molar-refractivity contribution is 5.75. The normalized spacial score (nSPS) is 21.3. The van der Waals surface area contributed by atoms with Crippen molar-refractivity contribution in [3.8, 4) is 5.88 Å². The molecule has 1 fully saturated rings. The summed E-state index contributed by atoms with van der Waals surface area (Å²) in [6.45, 7) is 0.275. The zero-order chi connectivity index (χ0) is 15.2. The standard InChI is InChI=1S/C16H20N4O2/c21-15(12-20-11-3-10-18-20)19-13-5-7-14(8-6-13)22-16-4-1-2-9-17-16/h1-4,9-11,13-14H,5-8,12H2,(H,19,21). The number of hydrogen-bond donors (Lipinski definition) is 1. The summed E-state index contributed by atoms with van der Waals surface area (Å²) in [5.41, 5.74) is 0. The van der Waals surface area contributed by atoms with Crippen LogP contribution in [0.2, 0.25) is 0 Å². The molecule has 0 saturated heterocycles. The largest absolute Gasteiger partial charge is 0.474 e. The Balaban J connectivity index is 1.41. The van der Waals surface area contributed by atoms with Crippen LogP contribution in [0, 0.1) is 0 Å². The van der Waals surface area contributed by atoms with Crippen LogP contribution in [0.15, 0.2) is 42.9 Å². The Labute approximate surface area is 129 Å². The first-order valence-corrected chi connectivity index (χ1v) is 7.64. The quantitative estimate of drug-likeness (QED) is 0.914. The number of carbonyl (C=O) groups excluding carboxylic acids is 1. The highest BCUT2D eigenvalue weighted by atomic mass is 16.5. The molecule has 1 amide bonds. The van der Waals surface area contributed by atoms with Crippen molar-refractivity contribution in [1.29, 1.82) is 0 Å². The van der Waals surface area contributed by atoms with Gasteiger partial charge in [0.05, 0.1) is 0 Å². The monoisotopic (exact) mass is 300 g/mol. The number of nitrogens with one attached hydrogen (secondary N) is 1. The molecule has 116 valence electrons. The van der Waals surface area contributed by atoms with Crippen molar-refractivity contribution in [2.75, 3.05) is 0 Å². The first-order chi connectivity index (χ1) is 10.8. The average molecular weight is 300 g/mol. The van der Waals surface area contributed by atoms with Gasteiger partial charge in [0.15, 0.2) is 0 Å². The van der Waals surface area contributed by atoms with Crippen LogP contribution in [0.5, 0.6) is 5.88 Å². The van der Waals surface area contributed by atoms with E-state index in [-0.39, 0.29) is 24.6 Å². The van der Waals surface area contributed by atoms with E-state index in [1.54, 1.807) is 23.3 Å². The summed E-state index contributed by atoms with van der Waals surface area (Å²) in [6.07, 6.45) is 9.12. The molecule has 0 unspecified atom stereocenters. The lowest BCUT2D eigenvalue weighted by Gasteiger charge is -2.29. The summed E-state index contributed by atoms with van der Waals surface area (Å²) in [5.74, 6) is 0.687. The Bertz CT molecular complexity index is 577. The van der Waals surface area contributed by atoms with Crippen molar-refractivity contribution in [3.63, 3.8) is 0 Å². The van der Waals surface area contributed by atoms with Gasteiger partial charge < -0.3 is 10.1 Å². The van der Waals surface area contributed by atoms with Crippen LogP contribution in [0.3, 0.4) is 0 Å². The summed E-state index contributed by atoms with van der Waals surface area (Å²) in [5, 5.41) is 7.11. The van der Waals surface area contributed by atoms with Crippen molar-refractivity contribution < 1.29 is 9.53 Å². The zero-order valence-corrected chi connectivity index (χ0v) is 12.4. The predicted octanol–water partition coefficient (Wildman–Crippen LogP) is 1.78. The van der Waals surface area contributed by atoms with Gasteiger partial charge in [0, 0.05) is 30.7 Å². The third-order valence-corrected chi connectivity index (χ3v) is 3.83. The van der Waals surface area contributed by atoms with Crippen molar-refractivity contribution in [1.82, 2.24) is 20.1 Å². The second kappa shape index (κ2) is 7.06. The van der Waals surface area contributed by atoms with E-state index in [4.69, 9.17) is 4.74 Å². The van der Waals surface area contributed by atoms with Crippen LogP contribution >= 0.6 is 0 Å². The number of nitrogens with zero attached hydrogens (tertiary/aromatic N) is 3. The molecule has 6 nitrogen and oxygen atoms in total. The number of rotatable bonds is 5. The van der Waals surface area contributed by atoms with Gasteiger partial charge in [-0.15, -0.1) is 0 Å². The molecule has 1 N–H and O–H groups in total. The van der Waals surface area contributed by atoms with E-state index in [2.05, 4.69) is 15.4 Å². The smallest absolute Gasteiger partial charge is 0.241 e. The van der Waals surface area contributed by atoms with Crippen LogP contribution in [0.4, 0.5) is 0 Å². The molecule has 2 aromatic heterocycles. The van der Waals surface area contributed by atoms with Crippen LogP contribution in [-0.2, 0) is 11.3 Å². The fourth-order valence-electron chi connectivity index (χ4n) is 2.73. The Morgan fingerprint density at radius 1 is 1.23 bits per heavy atom. The maximum Gasteiger partial charge on any atom is 0.241 e. The lowest BCUT2D eigenvalue weighted by atomic mass is 9.93. The summed E-state index contributed by atoms with van der Waals surface area (Å²) in [7, 11) is 0. The number of hydrogen-bond acceptors (Lipinski definition) is 4. The van der Waals surface area contributed by atoms with Gasteiger partial charge >= 0.3 is 0 Å². The Morgan fingerprint density at radius 2 is 2.09 bits per heavy atom. The fraction of sp³-hybridized carbons (Fsp3) is 0.438. The van der Waals surface area contributed by atoms with Crippen LogP contribution in [-0.4, -0.2) is 32.8 Å². The molecule has 6 heteroatoms. The molecule has 0 radical (unpaired) electrons. The van der Waals surface area contributed by atoms with Crippen molar-refractivity contribution in [2.45, 2.75) is 44.4 Å². The maximum atomic E-state index is 11.9. The van der Waals surface area contributed by atoms with Gasteiger partial charge in [-0.25, -0.2) is 4.98 Å². The molecule has 0 spiro atoms. The molecule has 1 aliphatic carbocycles. The van der Waals surface area contributed by atoms with Gasteiger partial charge in [-0.3, -0.25) is 9.48 Å². The molecule has 2 aromatic rings. The molecule has 0 atom stereocenters. The molecule has 0 bridgehead atoms. The Morgan fingerprint density at radius 3 is 2.77 bits per heavy atom. The average Bonchev–Trinajstić information content (AvgIpc) is 3.03. The van der Waals surface area contributed by atoms with E-state index in [0.29, 0.717) is 5.88 Å². The maximum absolute atomic E-state index is 11.9. The minimum absolute atomic E-state index is 0.0118. The first kappa shape index (κ1) is 14.6. The zero-order valence-electron chi connectivity index (χ0n) is 12.4. The summed E-state index contributed by atoms with van der Waals surface area (Å²) >= 11 is 0. The van der Waals surface area contributed by atoms with Gasteiger partial charge in [-0.05, 0) is 37.8 Å². The lowest BCUT2D eigenvalue weighted by molar-refractivity contribution is -0.122. The van der Waals surface area contributed by atoms with E-state index >= 15 is 0 Å². The molecule has 3 rings (SSSR count). The van der Waals surface area contributed by atoms with Crippen LogP contribution < -0.4 is 10.1 Å². The summed E-state index contributed by atoms with van der Waals surface area (Å²) in [4.78, 5) is 16.1. The molecule has 22 heavy (non-hydrogen) atoms. The van der Waals surface area contributed by atoms with Gasteiger partial charge in [0.2, 0.25) is 11.8 Å². The van der Waals surface area contributed by atoms with E-state index in [9.17, 15) is 4.79 Å². The number of pyridine rings is 1. The van der Waals surface area contributed by atoms with E-state index in [0.717, 1.165) is 25.7 Å². The highest BCUT2D eigenvalue weighted by Crippen LogP contribution is 2.22. The number of amides is 1. The SMILES string of the molecule is O=C(Cn1cccn1)NC1CCC(Oc2ccccn2)CC1. The number of aromatic nitrogens is 3.